The van der Waals surface area contributed by atoms with Crippen LogP contribution in [0.15, 0.2) is 66.7 Å². The predicted molar refractivity (Wildman–Crippen MR) is 141 cm³/mol. The summed E-state index contributed by atoms with van der Waals surface area (Å²) in [6.45, 7) is 8.58. The molecular weight excluding hydrogens is 446 g/mol. The maximum absolute atomic E-state index is 12.9. The highest BCUT2D eigenvalue weighted by molar-refractivity contribution is 7.80. The van der Waals surface area contributed by atoms with Gasteiger partial charge < -0.3 is 15.4 Å². The predicted octanol–water partition coefficient (Wildman–Crippen LogP) is 5.72. The summed E-state index contributed by atoms with van der Waals surface area (Å²) in [5.74, 6) is 0.136. The lowest BCUT2D eigenvalue weighted by Crippen LogP contribution is -2.35. The molecule has 0 bridgehead atoms. The number of para-hydroxylation sites is 2. The lowest BCUT2D eigenvalue weighted by molar-refractivity contribution is 0.0972. The highest BCUT2D eigenvalue weighted by Crippen LogP contribution is 2.21. The van der Waals surface area contributed by atoms with Gasteiger partial charge in [-0.15, -0.1) is 0 Å². The smallest absolute Gasteiger partial charge is 0.261 e. The van der Waals surface area contributed by atoms with Crippen LogP contribution in [0.4, 0.5) is 11.4 Å². The van der Waals surface area contributed by atoms with E-state index in [9.17, 15) is 9.59 Å². The average Bonchev–Trinajstić information content (AvgIpc) is 2.80. The number of ether oxygens (including phenoxy) is 1. The molecule has 0 unspecified atom stereocenters. The zero-order valence-corrected chi connectivity index (χ0v) is 20.6. The van der Waals surface area contributed by atoms with Gasteiger partial charge in [0.25, 0.3) is 11.8 Å². The SMILES string of the molecule is Cc1ccc(NC(=O)c2ccccc2NC(=S)NC(=O)c2ccccc2OCC(C)C)cc1C. The van der Waals surface area contributed by atoms with Crippen molar-refractivity contribution in [3.63, 3.8) is 0 Å². The zero-order valence-electron chi connectivity index (χ0n) is 19.8. The van der Waals surface area contributed by atoms with E-state index in [0.29, 0.717) is 40.8 Å². The molecule has 0 atom stereocenters. The van der Waals surface area contributed by atoms with Crippen molar-refractivity contribution in [2.24, 2.45) is 5.92 Å². The van der Waals surface area contributed by atoms with E-state index in [2.05, 4.69) is 16.0 Å². The first kappa shape index (κ1) is 24.9. The van der Waals surface area contributed by atoms with E-state index in [0.717, 1.165) is 11.1 Å². The van der Waals surface area contributed by atoms with Crippen molar-refractivity contribution in [3.8, 4) is 5.75 Å². The van der Waals surface area contributed by atoms with Crippen molar-refractivity contribution >= 4 is 40.5 Å². The van der Waals surface area contributed by atoms with Crippen LogP contribution in [0.2, 0.25) is 0 Å². The Morgan fingerprint density at radius 1 is 0.853 bits per heavy atom. The summed E-state index contributed by atoms with van der Waals surface area (Å²) >= 11 is 5.35. The molecule has 6 nitrogen and oxygen atoms in total. The molecule has 3 N–H and O–H groups in total. The average molecular weight is 476 g/mol. The summed E-state index contributed by atoms with van der Waals surface area (Å²) in [7, 11) is 0. The second-order valence-corrected chi connectivity index (χ2v) is 8.82. The van der Waals surface area contributed by atoms with Crippen LogP contribution >= 0.6 is 12.2 Å². The number of aryl methyl sites for hydroxylation is 2. The normalized spacial score (nSPS) is 10.5. The number of benzene rings is 3. The van der Waals surface area contributed by atoms with Gasteiger partial charge in [-0.2, -0.15) is 0 Å². The number of carbonyl (C=O) groups excluding carboxylic acids is 2. The molecule has 34 heavy (non-hydrogen) atoms. The van der Waals surface area contributed by atoms with Gasteiger partial charge >= 0.3 is 0 Å². The molecule has 0 radical (unpaired) electrons. The van der Waals surface area contributed by atoms with Crippen molar-refractivity contribution in [1.29, 1.82) is 0 Å². The molecule has 0 aliphatic rings. The largest absolute Gasteiger partial charge is 0.492 e. The number of rotatable bonds is 7. The second kappa shape index (κ2) is 11.4. The Kier molecular flexibility index (Phi) is 8.38. The second-order valence-electron chi connectivity index (χ2n) is 8.41. The fraction of sp³-hybridized carbons (Fsp3) is 0.222. The standard InChI is InChI=1S/C27H29N3O3S/c1-17(2)16-33-24-12-8-6-10-22(24)26(32)30-27(34)29-23-11-7-5-9-21(23)25(31)28-20-14-13-18(3)19(4)15-20/h5-15,17H,16H2,1-4H3,(H,28,31)(H2,29,30,32,34). The van der Waals surface area contributed by atoms with Crippen LogP contribution in [0.3, 0.4) is 0 Å². The number of amides is 2. The maximum atomic E-state index is 12.9. The summed E-state index contributed by atoms with van der Waals surface area (Å²) in [5, 5.41) is 8.63. The zero-order chi connectivity index (χ0) is 24.7. The molecule has 0 spiro atoms. The van der Waals surface area contributed by atoms with Crippen molar-refractivity contribution < 1.29 is 14.3 Å². The van der Waals surface area contributed by atoms with E-state index in [-0.39, 0.29) is 11.0 Å². The first-order valence-corrected chi connectivity index (χ1v) is 11.5. The summed E-state index contributed by atoms with van der Waals surface area (Å²) in [6, 6.07) is 19.7. The Morgan fingerprint density at radius 2 is 1.53 bits per heavy atom. The van der Waals surface area contributed by atoms with Gasteiger partial charge in [-0.25, -0.2) is 0 Å². The van der Waals surface area contributed by atoms with E-state index in [1.807, 2.05) is 52.0 Å². The Morgan fingerprint density at radius 3 is 2.24 bits per heavy atom. The third-order valence-corrected chi connectivity index (χ3v) is 5.32. The van der Waals surface area contributed by atoms with Crippen LogP contribution in [0.1, 0.15) is 45.7 Å². The third-order valence-electron chi connectivity index (χ3n) is 5.12. The minimum atomic E-state index is -0.395. The topological polar surface area (TPSA) is 79.5 Å². The van der Waals surface area contributed by atoms with Crippen molar-refractivity contribution in [2.75, 3.05) is 17.2 Å². The number of carbonyl (C=O) groups is 2. The fourth-order valence-electron chi connectivity index (χ4n) is 3.17. The van der Waals surface area contributed by atoms with Gasteiger partial charge in [0.05, 0.1) is 23.4 Å². The van der Waals surface area contributed by atoms with Crippen LogP contribution in [0.25, 0.3) is 0 Å². The fourth-order valence-corrected chi connectivity index (χ4v) is 3.37. The quantitative estimate of drug-likeness (QED) is 0.381. The molecule has 0 heterocycles. The Balaban J connectivity index is 1.70. The minimum Gasteiger partial charge on any atom is -0.492 e. The summed E-state index contributed by atoms with van der Waals surface area (Å²) < 4.78 is 5.76. The first-order chi connectivity index (χ1) is 16.2. The molecule has 3 aromatic rings. The van der Waals surface area contributed by atoms with Gasteiger partial charge in [0, 0.05) is 5.69 Å². The van der Waals surface area contributed by atoms with Crippen LogP contribution in [-0.2, 0) is 0 Å². The first-order valence-electron chi connectivity index (χ1n) is 11.1. The van der Waals surface area contributed by atoms with Crippen LogP contribution in [0.5, 0.6) is 5.75 Å². The number of anilines is 2. The Bertz CT molecular complexity index is 1210. The number of hydrogen-bond acceptors (Lipinski definition) is 4. The van der Waals surface area contributed by atoms with Gasteiger partial charge in [-0.1, -0.05) is 44.2 Å². The Labute approximate surface area is 205 Å². The molecule has 0 saturated carbocycles. The summed E-state index contributed by atoms with van der Waals surface area (Å²) in [6.07, 6.45) is 0. The van der Waals surface area contributed by atoms with E-state index >= 15 is 0 Å². The van der Waals surface area contributed by atoms with Gasteiger partial charge in [0.1, 0.15) is 5.75 Å². The molecule has 0 aromatic heterocycles. The molecule has 0 fully saturated rings. The molecular formula is C27H29N3O3S. The third kappa shape index (κ3) is 6.65. The van der Waals surface area contributed by atoms with E-state index in [4.69, 9.17) is 17.0 Å². The molecule has 3 rings (SSSR count). The Hall–Kier alpha value is -3.71. The number of nitrogens with one attached hydrogen (secondary N) is 3. The maximum Gasteiger partial charge on any atom is 0.261 e. The highest BCUT2D eigenvalue weighted by atomic mass is 32.1. The van der Waals surface area contributed by atoms with Gasteiger partial charge in [-0.05, 0) is 79.5 Å². The van der Waals surface area contributed by atoms with Crippen LogP contribution in [0, 0.1) is 19.8 Å². The van der Waals surface area contributed by atoms with Crippen molar-refractivity contribution in [2.45, 2.75) is 27.7 Å². The number of hydrogen-bond donors (Lipinski definition) is 3. The molecule has 0 aliphatic carbocycles. The van der Waals surface area contributed by atoms with Crippen molar-refractivity contribution in [3.05, 3.63) is 89.0 Å². The lowest BCUT2D eigenvalue weighted by Gasteiger charge is -2.15. The van der Waals surface area contributed by atoms with E-state index < -0.39 is 5.91 Å². The van der Waals surface area contributed by atoms with Crippen LogP contribution < -0.4 is 20.7 Å². The molecule has 176 valence electrons. The molecule has 7 heteroatoms. The number of thiocarbonyl (C=S) groups is 1. The van der Waals surface area contributed by atoms with Crippen molar-refractivity contribution in [1.82, 2.24) is 5.32 Å². The van der Waals surface area contributed by atoms with E-state index in [1.54, 1.807) is 42.5 Å². The molecule has 0 saturated heterocycles. The molecule has 0 aliphatic heterocycles. The van der Waals surface area contributed by atoms with Gasteiger partial charge in [0.2, 0.25) is 0 Å². The van der Waals surface area contributed by atoms with Gasteiger partial charge in [-0.3, -0.25) is 14.9 Å². The minimum absolute atomic E-state index is 0.0788. The lowest BCUT2D eigenvalue weighted by atomic mass is 10.1. The molecule has 3 aromatic carbocycles. The summed E-state index contributed by atoms with van der Waals surface area (Å²) in [4.78, 5) is 25.8. The highest BCUT2D eigenvalue weighted by Gasteiger charge is 2.16. The van der Waals surface area contributed by atoms with Gasteiger partial charge in [0.15, 0.2) is 5.11 Å². The van der Waals surface area contributed by atoms with E-state index in [1.165, 1.54) is 0 Å². The monoisotopic (exact) mass is 475 g/mol. The van der Waals surface area contributed by atoms with Crippen LogP contribution in [-0.4, -0.2) is 23.5 Å². The molecule has 2 amide bonds. The summed E-state index contributed by atoms with van der Waals surface area (Å²) in [5.41, 5.74) is 4.21.